The van der Waals surface area contributed by atoms with Crippen LogP contribution in [0.1, 0.15) is 60.8 Å². The van der Waals surface area contributed by atoms with Crippen LogP contribution in [0.3, 0.4) is 0 Å². The molecule has 3 atom stereocenters. The topological polar surface area (TPSA) is 76.4 Å². The monoisotopic (exact) mass is 483 g/mol. The van der Waals surface area contributed by atoms with E-state index < -0.39 is 24.4 Å². The number of aromatic nitrogens is 1. The minimum Gasteiger partial charge on any atom is -0.446 e. The van der Waals surface area contributed by atoms with E-state index in [1.165, 1.54) is 19.4 Å². The van der Waals surface area contributed by atoms with Crippen molar-refractivity contribution in [2.24, 2.45) is 0 Å². The Kier molecular flexibility index (Phi) is 7.62. The third-order valence-electron chi connectivity index (χ3n) is 6.79. The Morgan fingerprint density at radius 3 is 2.43 bits per heavy atom. The molecule has 6 nitrogen and oxygen atoms in total. The molecule has 1 amide bonds. The number of oxazole rings is 1. The highest BCUT2D eigenvalue weighted by molar-refractivity contribution is 5.74. The molecule has 0 aliphatic carbocycles. The van der Waals surface area contributed by atoms with Crippen LogP contribution in [0.2, 0.25) is 0 Å². The van der Waals surface area contributed by atoms with Gasteiger partial charge in [-0.15, -0.1) is 0 Å². The van der Waals surface area contributed by atoms with Gasteiger partial charge in [-0.25, -0.2) is 13.8 Å². The first kappa shape index (κ1) is 25.0. The number of ether oxygens (including phenoxy) is 1. The summed E-state index contributed by atoms with van der Waals surface area (Å²) in [6.45, 7) is 2.80. The smallest absolute Gasteiger partial charge is 0.217 e. The minimum atomic E-state index is -0.724. The summed E-state index contributed by atoms with van der Waals surface area (Å²) in [5.41, 5.74) is 1.41. The fourth-order valence-corrected chi connectivity index (χ4v) is 4.85. The summed E-state index contributed by atoms with van der Waals surface area (Å²) in [4.78, 5) is 16.1. The molecular weight excluding hydrogens is 452 g/mol. The van der Waals surface area contributed by atoms with Crippen molar-refractivity contribution < 1.29 is 22.7 Å². The van der Waals surface area contributed by atoms with E-state index in [0.717, 1.165) is 11.1 Å². The van der Waals surface area contributed by atoms with E-state index in [1.54, 1.807) is 18.3 Å². The van der Waals surface area contributed by atoms with E-state index in [0.29, 0.717) is 42.9 Å². The van der Waals surface area contributed by atoms with E-state index in [4.69, 9.17) is 9.15 Å². The molecule has 3 aromatic rings. The maximum Gasteiger partial charge on any atom is 0.217 e. The highest BCUT2D eigenvalue weighted by Gasteiger charge is 2.47. The van der Waals surface area contributed by atoms with Gasteiger partial charge in [0.1, 0.15) is 18.9 Å². The van der Waals surface area contributed by atoms with Crippen LogP contribution in [0.4, 0.5) is 8.78 Å². The van der Waals surface area contributed by atoms with Crippen molar-refractivity contribution >= 4 is 5.91 Å². The molecule has 2 aromatic carbocycles. The summed E-state index contributed by atoms with van der Waals surface area (Å²) in [6, 6.07) is 15.0. The lowest BCUT2D eigenvalue weighted by Gasteiger charge is -2.47. The Hall–Kier alpha value is -3.10. The molecule has 35 heavy (non-hydrogen) atoms. The van der Waals surface area contributed by atoms with Crippen LogP contribution in [0.15, 0.2) is 65.5 Å². The number of hydrogen-bond donors (Lipinski definition) is 2. The molecule has 1 saturated heterocycles. The summed E-state index contributed by atoms with van der Waals surface area (Å²) in [5.74, 6) is 0.439. The number of halogens is 2. The molecule has 1 aromatic heterocycles. The Morgan fingerprint density at radius 1 is 1.17 bits per heavy atom. The quantitative estimate of drug-likeness (QED) is 0.448. The number of hydrogen-bond acceptors (Lipinski definition) is 5. The zero-order valence-electron chi connectivity index (χ0n) is 20.0. The van der Waals surface area contributed by atoms with E-state index in [-0.39, 0.29) is 12.0 Å². The van der Waals surface area contributed by atoms with Gasteiger partial charge in [0.2, 0.25) is 5.91 Å². The summed E-state index contributed by atoms with van der Waals surface area (Å²) in [5, 5.41) is 6.69. The summed E-state index contributed by atoms with van der Waals surface area (Å²) in [7, 11) is 0. The fraction of sp³-hybridized carbons (Fsp3) is 0.407. The second-order valence-electron chi connectivity index (χ2n) is 9.23. The third kappa shape index (κ3) is 5.44. The maximum absolute atomic E-state index is 13.3. The predicted octanol–water partition coefficient (Wildman–Crippen LogP) is 5.00. The zero-order chi connectivity index (χ0) is 24.9. The maximum atomic E-state index is 13.3. The van der Waals surface area contributed by atoms with E-state index in [2.05, 4.69) is 15.6 Å². The fourth-order valence-electron chi connectivity index (χ4n) is 4.85. The van der Waals surface area contributed by atoms with Crippen molar-refractivity contribution in [3.63, 3.8) is 0 Å². The van der Waals surface area contributed by atoms with Crippen LogP contribution in [-0.2, 0) is 34.0 Å². The molecule has 2 N–H and O–H groups in total. The number of carbonyl (C=O) groups excluding carboxylic acids is 1. The molecule has 2 heterocycles. The highest BCUT2D eigenvalue weighted by Crippen LogP contribution is 2.40. The first-order chi connectivity index (χ1) is 16.9. The second kappa shape index (κ2) is 10.7. The number of amides is 1. The van der Waals surface area contributed by atoms with Crippen LogP contribution in [0, 0.1) is 0 Å². The van der Waals surface area contributed by atoms with Gasteiger partial charge in [0.15, 0.2) is 12.2 Å². The van der Waals surface area contributed by atoms with Crippen molar-refractivity contribution in [3.05, 3.63) is 89.1 Å². The molecule has 0 radical (unpaired) electrons. The number of rotatable bonds is 9. The Labute approximate surface area is 204 Å². The summed E-state index contributed by atoms with van der Waals surface area (Å²) in [6.07, 6.45) is 3.87. The SMILES string of the molecule is CC(=O)N[C@@]1(c2cnco2)CC[C@@](CO[C@H](C)c2cc(CF)cc(CF)c2)(c2ccccc2)NC1. The van der Waals surface area contributed by atoms with E-state index in [1.807, 2.05) is 37.3 Å². The van der Waals surface area contributed by atoms with E-state index >= 15 is 0 Å². The molecule has 1 fully saturated rings. The van der Waals surface area contributed by atoms with Gasteiger partial charge < -0.3 is 19.8 Å². The number of nitrogens with one attached hydrogen (secondary N) is 2. The largest absolute Gasteiger partial charge is 0.446 e. The molecule has 0 unspecified atom stereocenters. The molecular formula is C27H31F2N3O3. The second-order valence-corrected chi connectivity index (χ2v) is 9.23. The van der Waals surface area contributed by atoms with Gasteiger partial charge in [-0.2, -0.15) is 0 Å². The molecule has 8 heteroatoms. The minimum absolute atomic E-state index is 0.156. The number of nitrogens with zero attached hydrogens (tertiary/aromatic N) is 1. The van der Waals surface area contributed by atoms with Crippen LogP contribution >= 0.6 is 0 Å². The first-order valence-electron chi connectivity index (χ1n) is 11.7. The lowest BCUT2D eigenvalue weighted by molar-refractivity contribution is -0.122. The van der Waals surface area contributed by atoms with Gasteiger partial charge in [0.05, 0.1) is 24.4 Å². The van der Waals surface area contributed by atoms with Crippen LogP contribution in [0.25, 0.3) is 0 Å². The molecule has 1 aliphatic rings. The van der Waals surface area contributed by atoms with Crippen molar-refractivity contribution in [2.75, 3.05) is 13.2 Å². The van der Waals surface area contributed by atoms with Crippen molar-refractivity contribution in [1.29, 1.82) is 0 Å². The van der Waals surface area contributed by atoms with E-state index in [9.17, 15) is 13.6 Å². The molecule has 0 saturated carbocycles. The Morgan fingerprint density at radius 2 is 1.89 bits per heavy atom. The lowest BCUT2D eigenvalue weighted by atomic mass is 9.75. The van der Waals surface area contributed by atoms with Gasteiger partial charge in [0, 0.05) is 13.5 Å². The molecule has 186 valence electrons. The number of carbonyl (C=O) groups is 1. The summed E-state index contributed by atoms with van der Waals surface area (Å²) >= 11 is 0. The molecule has 0 spiro atoms. The van der Waals surface area contributed by atoms with Crippen molar-refractivity contribution in [1.82, 2.24) is 15.6 Å². The normalized spacial score (nSPS) is 23.1. The average Bonchev–Trinajstić information content (AvgIpc) is 3.44. The number of alkyl halides is 2. The van der Waals surface area contributed by atoms with Crippen LogP contribution in [0.5, 0.6) is 0 Å². The van der Waals surface area contributed by atoms with Crippen LogP contribution < -0.4 is 10.6 Å². The van der Waals surface area contributed by atoms with Gasteiger partial charge in [-0.05, 0) is 42.0 Å². The number of piperidine rings is 1. The number of benzene rings is 2. The first-order valence-corrected chi connectivity index (χ1v) is 11.7. The molecule has 1 aliphatic heterocycles. The van der Waals surface area contributed by atoms with Gasteiger partial charge in [-0.1, -0.05) is 48.5 Å². The van der Waals surface area contributed by atoms with Gasteiger partial charge in [-0.3, -0.25) is 4.79 Å². The summed E-state index contributed by atoms with van der Waals surface area (Å²) < 4.78 is 38.5. The molecule has 4 rings (SSSR count). The standard InChI is InChI=1S/C27H31F2N3O3/c1-19(23-11-21(13-28)10-22(12-23)14-29)34-17-27(24-6-4-3-5-7-24)9-8-26(16-31-27,32-20(2)33)25-15-30-18-35-25/h3-7,10-12,15,18-19,31H,8-9,13-14,16-17H2,1-2H3,(H,32,33)/t19-,26+,27-/m1/s1. The predicted molar refractivity (Wildman–Crippen MR) is 128 cm³/mol. The Bertz CT molecular complexity index is 1090. The lowest BCUT2D eigenvalue weighted by Crippen LogP contribution is -2.62. The average molecular weight is 484 g/mol. The third-order valence-corrected chi connectivity index (χ3v) is 6.79. The van der Waals surface area contributed by atoms with Crippen LogP contribution in [-0.4, -0.2) is 24.0 Å². The Balaban J connectivity index is 1.58. The zero-order valence-corrected chi connectivity index (χ0v) is 20.0. The van der Waals surface area contributed by atoms with Crippen molar-refractivity contribution in [3.8, 4) is 0 Å². The van der Waals surface area contributed by atoms with Crippen molar-refractivity contribution in [2.45, 2.75) is 57.2 Å². The van der Waals surface area contributed by atoms with Gasteiger partial charge in [0.25, 0.3) is 0 Å². The highest BCUT2D eigenvalue weighted by atomic mass is 19.1. The van der Waals surface area contributed by atoms with Gasteiger partial charge >= 0.3 is 0 Å². The molecule has 0 bridgehead atoms.